The summed E-state index contributed by atoms with van der Waals surface area (Å²) in [6.45, 7) is 6.76. The highest BCUT2D eigenvalue weighted by atomic mass is 32.2. The van der Waals surface area contributed by atoms with Gasteiger partial charge in [-0.1, -0.05) is 25.1 Å². The van der Waals surface area contributed by atoms with Crippen molar-refractivity contribution >= 4 is 29.0 Å². The average molecular weight is 480 g/mol. The Bertz CT molecular complexity index is 1220. The molecule has 1 saturated heterocycles. The van der Waals surface area contributed by atoms with E-state index in [9.17, 15) is 9.59 Å². The summed E-state index contributed by atoms with van der Waals surface area (Å²) in [6.07, 6.45) is 2.88. The molecule has 0 spiro atoms. The molecule has 2 unspecified atom stereocenters. The number of thiophene rings is 1. The first-order chi connectivity index (χ1) is 16.1. The van der Waals surface area contributed by atoms with E-state index in [4.69, 9.17) is 0 Å². The minimum atomic E-state index is -0.249. The molecule has 1 N–H and O–H groups in total. The van der Waals surface area contributed by atoms with Crippen LogP contribution in [0.4, 0.5) is 0 Å². The van der Waals surface area contributed by atoms with E-state index in [2.05, 4.69) is 57.4 Å². The fourth-order valence-electron chi connectivity index (χ4n) is 5.15. The van der Waals surface area contributed by atoms with Crippen LogP contribution >= 0.6 is 23.1 Å². The van der Waals surface area contributed by atoms with Gasteiger partial charge >= 0.3 is 0 Å². The van der Waals surface area contributed by atoms with E-state index in [1.807, 2.05) is 24.8 Å². The number of carbonyl (C=O) groups is 1. The molecular weight excluding hydrogens is 450 g/mol. The Labute approximate surface area is 202 Å². The van der Waals surface area contributed by atoms with Crippen LogP contribution in [0.3, 0.4) is 0 Å². The van der Waals surface area contributed by atoms with E-state index in [-0.39, 0.29) is 16.6 Å². The number of benzene rings is 1. The summed E-state index contributed by atoms with van der Waals surface area (Å²) in [5, 5.41) is 5.35. The predicted octanol–water partition coefficient (Wildman–Crippen LogP) is 4.81. The molecule has 3 aromatic rings. The first-order valence-electron chi connectivity index (χ1n) is 11.6. The number of nitrogens with one attached hydrogen (secondary N) is 1. The summed E-state index contributed by atoms with van der Waals surface area (Å²) >= 11 is 3.54. The maximum Gasteiger partial charge on any atom is 0.257 e. The number of thioether (sulfide) groups is 1. The number of hydrogen-bond acceptors (Lipinski definition) is 5. The number of aryl methyl sites for hydroxylation is 1. The van der Waals surface area contributed by atoms with Gasteiger partial charge in [-0.3, -0.25) is 14.5 Å². The highest BCUT2D eigenvalue weighted by Gasteiger charge is 2.30. The molecule has 1 aromatic carbocycles. The zero-order chi connectivity index (χ0) is 22.9. The molecule has 7 heteroatoms. The summed E-state index contributed by atoms with van der Waals surface area (Å²) in [7, 11) is 0. The third-order valence-electron chi connectivity index (χ3n) is 6.74. The van der Waals surface area contributed by atoms with Crippen LogP contribution in [-0.4, -0.2) is 41.1 Å². The number of nitrogens with zero attached hydrogens (tertiary/aromatic N) is 2. The summed E-state index contributed by atoms with van der Waals surface area (Å²) in [5.74, 6) is -0.249. The topological polar surface area (TPSA) is 54.3 Å². The van der Waals surface area contributed by atoms with Crippen LogP contribution in [-0.2, 0) is 6.42 Å². The Morgan fingerprint density at radius 3 is 2.85 bits per heavy atom. The Morgan fingerprint density at radius 2 is 2.06 bits per heavy atom. The number of likely N-dealkylation sites (N-methyl/N-ethyl adjacent to an activating group) is 1. The monoisotopic (exact) mass is 479 g/mol. The molecule has 2 aliphatic heterocycles. The molecular formula is C26H29N3O2S2. The third-order valence-corrected chi connectivity index (χ3v) is 9.18. The van der Waals surface area contributed by atoms with Gasteiger partial charge in [0.25, 0.3) is 5.91 Å². The number of pyridine rings is 1. The number of rotatable bonds is 5. The van der Waals surface area contributed by atoms with E-state index in [0.29, 0.717) is 24.6 Å². The van der Waals surface area contributed by atoms with Gasteiger partial charge in [-0.05, 0) is 56.4 Å². The number of hydrogen-bond donors (Lipinski definition) is 1. The number of fused-ring (bicyclic) bond motifs is 3. The fourth-order valence-corrected chi connectivity index (χ4v) is 7.35. The molecule has 0 saturated carbocycles. The minimum Gasteiger partial charge on any atom is -0.350 e. The predicted molar refractivity (Wildman–Crippen MR) is 136 cm³/mol. The first kappa shape index (κ1) is 22.4. The zero-order valence-corrected chi connectivity index (χ0v) is 20.7. The SMILES string of the molecule is CCN1CCCC1CNC(=O)c1c2n(c(C)cc1=O)-c1ccccc1SC(c1cccs1)C2. The molecule has 5 nitrogen and oxygen atoms in total. The molecule has 1 amide bonds. The zero-order valence-electron chi connectivity index (χ0n) is 19.0. The van der Waals surface area contributed by atoms with Crippen LogP contribution in [0, 0.1) is 6.92 Å². The Morgan fingerprint density at radius 1 is 1.21 bits per heavy atom. The molecule has 0 radical (unpaired) electrons. The van der Waals surface area contributed by atoms with Crippen LogP contribution in [0.15, 0.2) is 57.5 Å². The number of amides is 1. The number of para-hydroxylation sites is 1. The summed E-state index contributed by atoms with van der Waals surface area (Å²) in [4.78, 5) is 31.5. The lowest BCUT2D eigenvalue weighted by Crippen LogP contribution is -2.41. The van der Waals surface area contributed by atoms with E-state index in [1.54, 1.807) is 17.4 Å². The Kier molecular flexibility index (Phi) is 6.45. The van der Waals surface area contributed by atoms with Crippen molar-refractivity contribution in [1.82, 2.24) is 14.8 Å². The van der Waals surface area contributed by atoms with Crippen LogP contribution in [0.5, 0.6) is 0 Å². The minimum absolute atomic E-state index is 0.151. The van der Waals surface area contributed by atoms with Crippen LogP contribution in [0.1, 0.15) is 51.6 Å². The Hall–Kier alpha value is -2.35. The molecule has 172 valence electrons. The maximum absolute atomic E-state index is 13.5. The second kappa shape index (κ2) is 9.49. The van der Waals surface area contributed by atoms with Crippen molar-refractivity contribution in [3.8, 4) is 5.69 Å². The summed E-state index contributed by atoms with van der Waals surface area (Å²) < 4.78 is 2.13. The van der Waals surface area contributed by atoms with Crippen molar-refractivity contribution in [2.45, 2.75) is 49.3 Å². The lowest BCUT2D eigenvalue weighted by atomic mass is 10.0. The smallest absolute Gasteiger partial charge is 0.257 e. The van der Waals surface area contributed by atoms with Gasteiger partial charge in [0, 0.05) is 51.5 Å². The molecule has 2 atom stereocenters. The molecule has 0 aliphatic carbocycles. The lowest BCUT2D eigenvalue weighted by molar-refractivity contribution is 0.0938. The molecule has 4 heterocycles. The Balaban J connectivity index is 1.57. The normalized spacial score (nSPS) is 20.2. The number of carbonyl (C=O) groups excluding carboxylic acids is 1. The third kappa shape index (κ3) is 4.29. The molecule has 5 rings (SSSR count). The second-order valence-electron chi connectivity index (χ2n) is 8.74. The van der Waals surface area contributed by atoms with Gasteiger partial charge in [0.2, 0.25) is 0 Å². The highest BCUT2D eigenvalue weighted by Crippen LogP contribution is 2.45. The van der Waals surface area contributed by atoms with Crippen LogP contribution in [0.2, 0.25) is 0 Å². The number of likely N-dealkylation sites (tertiary alicyclic amines) is 1. The molecule has 33 heavy (non-hydrogen) atoms. The molecule has 2 aliphatic rings. The highest BCUT2D eigenvalue weighted by molar-refractivity contribution is 7.99. The maximum atomic E-state index is 13.5. The van der Waals surface area contributed by atoms with Crippen LogP contribution in [0.25, 0.3) is 5.69 Å². The van der Waals surface area contributed by atoms with E-state index < -0.39 is 0 Å². The van der Waals surface area contributed by atoms with Gasteiger partial charge in [0.1, 0.15) is 5.56 Å². The quantitative estimate of drug-likeness (QED) is 0.571. The van der Waals surface area contributed by atoms with Gasteiger partial charge < -0.3 is 9.88 Å². The van der Waals surface area contributed by atoms with Crippen molar-refractivity contribution in [3.05, 3.63) is 79.9 Å². The van der Waals surface area contributed by atoms with Crippen molar-refractivity contribution in [2.75, 3.05) is 19.6 Å². The van der Waals surface area contributed by atoms with Gasteiger partial charge in [0.15, 0.2) is 5.43 Å². The van der Waals surface area contributed by atoms with Crippen molar-refractivity contribution < 1.29 is 4.79 Å². The second-order valence-corrected chi connectivity index (χ2v) is 11.0. The molecule has 2 aromatic heterocycles. The van der Waals surface area contributed by atoms with Crippen molar-refractivity contribution in [1.29, 1.82) is 0 Å². The largest absolute Gasteiger partial charge is 0.350 e. The molecule has 1 fully saturated rings. The summed E-state index contributed by atoms with van der Waals surface area (Å²) in [5.41, 5.74) is 2.81. The standard InChI is InChI=1S/C26H29N3O2S2/c1-3-28-12-6-8-18(28)16-27-26(31)25-20-15-24(23-11-7-13-32-23)33-22-10-5-4-9-19(22)29(20)17(2)14-21(25)30/h4-5,7,9-11,13-14,18,24H,3,6,8,12,15-16H2,1-2H3,(H,27,31). The fraction of sp³-hybridized carbons (Fsp3) is 0.385. The van der Waals surface area contributed by atoms with E-state index in [1.165, 1.54) is 4.88 Å². The van der Waals surface area contributed by atoms with E-state index in [0.717, 1.165) is 47.9 Å². The van der Waals surface area contributed by atoms with Gasteiger partial charge in [-0.2, -0.15) is 0 Å². The lowest BCUT2D eigenvalue weighted by Gasteiger charge is -2.24. The average Bonchev–Trinajstić information content (AvgIpc) is 3.47. The summed E-state index contributed by atoms with van der Waals surface area (Å²) in [6, 6.07) is 14.5. The van der Waals surface area contributed by atoms with Crippen LogP contribution < -0.4 is 10.7 Å². The van der Waals surface area contributed by atoms with Gasteiger partial charge in [-0.15, -0.1) is 23.1 Å². The van der Waals surface area contributed by atoms with Crippen molar-refractivity contribution in [3.63, 3.8) is 0 Å². The molecule has 0 bridgehead atoms. The van der Waals surface area contributed by atoms with Gasteiger partial charge in [0.05, 0.1) is 5.69 Å². The van der Waals surface area contributed by atoms with Crippen molar-refractivity contribution in [2.24, 2.45) is 0 Å². The van der Waals surface area contributed by atoms with E-state index >= 15 is 0 Å². The number of aromatic nitrogens is 1. The first-order valence-corrected chi connectivity index (χ1v) is 13.4. The van der Waals surface area contributed by atoms with Gasteiger partial charge in [-0.25, -0.2) is 0 Å².